The van der Waals surface area contributed by atoms with E-state index in [0.717, 1.165) is 42.6 Å². The Bertz CT molecular complexity index is 1680. The van der Waals surface area contributed by atoms with Crippen LogP contribution in [-0.4, -0.2) is 54.1 Å². The van der Waals surface area contributed by atoms with Crippen LogP contribution in [0.5, 0.6) is 17.2 Å². The summed E-state index contributed by atoms with van der Waals surface area (Å²) in [6, 6.07) is 18.5. The van der Waals surface area contributed by atoms with Gasteiger partial charge in [-0.05, 0) is 44.1 Å². The van der Waals surface area contributed by atoms with Crippen molar-refractivity contribution in [3.05, 3.63) is 104 Å². The first kappa shape index (κ1) is 37.2. The van der Waals surface area contributed by atoms with E-state index in [1.54, 1.807) is 24.4 Å². The van der Waals surface area contributed by atoms with Crippen LogP contribution in [0.1, 0.15) is 42.0 Å². The summed E-state index contributed by atoms with van der Waals surface area (Å²) >= 11 is 20.4. The minimum absolute atomic E-state index is 0.110. The summed E-state index contributed by atoms with van der Waals surface area (Å²) in [5, 5.41) is 35.9. The van der Waals surface area contributed by atoms with Gasteiger partial charge in [0.15, 0.2) is 0 Å². The van der Waals surface area contributed by atoms with E-state index in [4.69, 9.17) is 54.1 Å². The normalized spacial score (nSPS) is 11.6. The second-order valence-corrected chi connectivity index (χ2v) is 12.1. The number of benzene rings is 3. The van der Waals surface area contributed by atoms with E-state index < -0.39 is 6.10 Å². The maximum absolute atomic E-state index is 9.74. The first-order valence-corrected chi connectivity index (χ1v) is 16.8. The fourth-order valence-electron chi connectivity index (χ4n) is 4.75. The second-order valence-electron chi connectivity index (χ2n) is 11.0. The van der Waals surface area contributed by atoms with Crippen LogP contribution in [0.4, 0.5) is 0 Å². The molecule has 12 heteroatoms. The Morgan fingerprint density at radius 2 is 1.62 bits per heavy atom. The number of aliphatic hydroxyl groups excluding tert-OH is 2. The molecule has 0 spiro atoms. The van der Waals surface area contributed by atoms with Gasteiger partial charge in [0.05, 0.1) is 39.9 Å². The number of aromatic nitrogens is 1. The molecule has 4 N–H and O–H groups in total. The molecular weight excluding hydrogens is 675 g/mol. The number of nitrogens with one attached hydrogen (secondary N) is 2. The van der Waals surface area contributed by atoms with Crippen molar-refractivity contribution in [2.75, 3.05) is 32.8 Å². The monoisotopic (exact) mass is 712 g/mol. The minimum Gasteiger partial charge on any atom is -0.492 e. The van der Waals surface area contributed by atoms with Crippen LogP contribution < -0.4 is 24.8 Å². The fourth-order valence-corrected chi connectivity index (χ4v) is 5.56. The molecule has 0 amide bonds. The van der Waals surface area contributed by atoms with Crippen LogP contribution in [0, 0.1) is 11.3 Å². The summed E-state index contributed by atoms with van der Waals surface area (Å²) in [5.41, 5.74) is 4.05. The van der Waals surface area contributed by atoms with Gasteiger partial charge in [-0.1, -0.05) is 72.1 Å². The van der Waals surface area contributed by atoms with E-state index in [1.807, 2.05) is 36.4 Å². The van der Waals surface area contributed by atoms with Gasteiger partial charge in [-0.3, -0.25) is 4.98 Å². The highest BCUT2D eigenvalue weighted by molar-refractivity contribution is 6.37. The summed E-state index contributed by atoms with van der Waals surface area (Å²) in [4.78, 5) is 4.09. The average molecular weight is 714 g/mol. The van der Waals surface area contributed by atoms with Gasteiger partial charge in [0, 0.05) is 59.4 Å². The topological polar surface area (TPSA) is 129 Å². The lowest BCUT2D eigenvalue weighted by Crippen LogP contribution is -2.29. The molecular formula is C36H39Cl3N4O5. The van der Waals surface area contributed by atoms with Gasteiger partial charge in [0.25, 0.3) is 0 Å². The molecule has 4 rings (SSSR count). The number of hydrogen-bond acceptors (Lipinski definition) is 9. The van der Waals surface area contributed by atoms with Crippen molar-refractivity contribution < 1.29 is 24.4 Å². The Hall–Kier alpha value is -3.59. The number of rotatable bonds is 19. The fraction of sp³-hybridized carbons (Fsp3) is 0.333. The Labute approximate surface area is 296 Å². The molecule has 1 unspecified atom stereocenters. The van der Waals surface area contributed by atoms with Crippen LogP contribution in [0.2, 0.25) is 15.1 Å². The van der Waals surface area contributed by atoms with Gasteiger partial charge in [0.2, 0.25) is 0 Å². The highest BCUT2D eigenvalue weighted by Crippen LogP contribution is 2.40. The maximum atomic E-state index is 9.74. The summed E-state index contributed by atoms with van der Waals surface area (Å²) < 4.78 is 18.3. The molecule has 1 aromatic heterocycles. The molecule has 1 atom stereocenters. The summed E-state index contributed by atoms with van der Waals surface area (Å²) in [7, 11) is 0. The second kappa shape index (κ2) is 19.4. The van der Waals surface area contributed by atoms with Crippen LogP contribution in [-0.2, 0) is 19.8 Å². The van der Waals surface area contributed by atoms with E-state index in [0.29, 0.717) is 62.2 Å². The third-order valence-corrected chi connectivity index (χ3v) is 8.37. The molecule has 9 nitrogen and oxygen atoms in total. The maximum Gasteiger partial charge on any atom is 0.142 e. The number of aliphatic hydroxyl groups is 2. The van der Waals surface area contributed by atoms with E-state index >= 15 is 0 Å². The minimum atomic E-state index is -0.907. The van der Waals surface area contributed by atoms with Gasteiger partial charge in [0.1, 0.15) is 36.5 Å². The van der Waals surface area contributed by atoms with E-state index in [9.17, 15) is 10.4 Å². The lowest BCUT2D eigenvalue weighted by atomic mass is 10.0. The van der Waals surface area contributed by atoms with Gasteiger partial charge in [-0.15, -0.1) is 0 Å². The van der Waals surface area contributed by atoms with Crippen molar-refractivity contribution in [2.45, 2.75) is 45.6 Å². The highest BCUT2D eigenvalue weighted by Gasteiger charge is 2.17. The molecule has 0 fully saturated rings. The molecule has 0 aliphatic rings. The quantitative estimate of drug-likeness (QED) is 0.0764. The number of halogens is 3. The van der Waals surface area contributed by atoms with Crippen molar-refractivity contribution in [1.29, 1.82) is 5.26 Å². The van der Waals surface area contributed by atoms with Crippen LogP contribution >= 0.6 is 34.8 Å². The van der Waals surface area contributed by atoms with E-state index in [2.05, 4.69) is 28.6 Å². The highest BCUT2D eigenvalue weighted by atomic mass is 35.5. The molecule has 48 heavy (non-hydrogen) atoms. The third kappa shape index (κ3) is 10.7. The van der Waals surface area contributed by atoms with E-state index in [1.165, 1.54) is 6.20 Å². The Morgan fingerprint density at radius 1 is 0.854 bits per heavy atom. The van der Waals surface area contributed by atoms with Crippen molar-refractivity contribution >= 4 is 34.8 Å². The zero-order chi connectivity index (χ0) is 34.3. The lowest BCUT2D eigenvalue weighted by Gasteiger charge is -2.18. The number of nitrogens with zero attached hydrogens (tertiary/aromatic N) is 2. The smallest absolute Gasteiger partial charge is 0.142 e. The largest absolute Gasteiger partial charge is 0.492 e. The Morgan fingerprint density at radius 3 is 2.40 bits per heavy atom. The Balaban J connectivity index is 1.51. The third-order valence-electron chi connectivity index (χ3n) is 7.24. The summed E-state index contributed by atoms with van der Waals surface area (Å²) in [6.45, 7) is 4.89. The van der Waals surface area contributed by atoms with E-state index in [-0.39, 0.29) is 26.4 Å². The number of hydrogen-bond donors (Lipinski definition) is 4. The molecule has 0 bridgehead atoms. The molecule has 254 valence electrons. The number of nitriles is 1. The number of ether oxygens (including phenoxy) is 3. The Kier molecular flexibility index (Phi) is 15.1. The van der Waals surface area contributed by atoms with Gasteiger partial charge in [-0.2, -0.15) is 5.26 Å². The SMILES string of the molecule is CCCNCCCOc1cccc(-c2cccc(COc3cc(OCc4cncc(C#N)c4)c(CNCC(O)CO)cc3Cl)c2Cl)c1Cl. The standard InChI is InChI=1S/C36H39Cl3N4O5/c1-2-10-41-11-5-12-46-32-9-4-8-30(36(32)39)29-7-3-6-26(35(29)38)23-48-34-15-33(47-22-25-13-24(16-40)17-42-18-25)27(14-31(34)37)19-43-20-28(45)21-44/h3-4,6-9,13-15,17-18,28,41,43-45H,2,5,10-12,19-23H2,1H3. The molecule has 0 aliphatic carbocycles. The van der Waals surface area contributed by atoms with Crippen molar-refractivity contribution in [3.8, 4) is 34.4 Å². The molecule has 4 aromatic rings. The molecule has 0 radical (unpaired) electrons. The zero-order valence-corrected chi connectivity index (χ0v) is 28.9. The van der Waals surface area contributed by atoms with Crippen molar-refractivity contribution in [2.24, 2.45) is 0 Å². The first-order valence-electron chi connectivity index (χ1n) is 15.7. The van der Waals surface area contributed by atoms with Gasteiger partial charge < -0.3 is 35.1 Å². The summed E-state index contributed by atoms with van der Waals surface area (Å²) in [5.74, 6) is 1.45. The van der Waals surface area contributed by atoms with Gasteiger partial charge in [-0.25, -0.2) is 0 Å². The molecule has 0 saturated carbocycles. The predicted molar refractivity (Wildman–Crippen MR) is 189 cm³/mol. The molecule has 3 aromatic carbocycles. The predicted octanol–water partition coefficient (Wildman–Crippen LogP) is 6.95. The zero-order valence-electron chi connectivity index (χ0n) is 26.6. The van der Waals surface area contributed by atoms with Gasteiger partial charge >= 0.3 is 0 Å². The average Bonchev–Trinajstić information content (AvgIpc) is 3.10. The van der Waals surface area contributed by atoms with Crippen molar-refractivity contribution in [1.82, 2.24) is 15.6 Å². The summed E-state index contributed by atoms with van der Waals surface area (Å²) in [6.07, 6.45) is 4.14. The van der Waals surface area contributed by atoms with Crippen molar-refractivity contribution in [3.63, 3.8) is 0 Å². The molecule has 0 saturated heterocycles. The first-order chi connectivity index (χ1) is 23.3. The van der Waals surface area contributed by atoms with Crippen LogP contribution in [0.3, 0.4) is 0 Å². The van der Waals surface area contributed by atoms with Crippen LogP contribution in [0.15, 0.2) is 67.0 Å². The molecule has 1 heterocycles. The number of pyridine rings is 1. The van der Waals surface area contributed by atoms with Crippen LogP contribution in [0.25, 0.3) is 11.1 Å². The molecule has 0 aliphatic heterocycles. The lowest BCUT2D eigenvalue weighted by molar-refractivity contribution is 0.0941.